The summed E-state index contributed by atoms with van der Waals surface area (Å²) < 4.78 is 0. The molecule has 32 heavy (non-hydrogen) atoms. The third-order valence-electron chi connectivity index (χ3n) is 4.52. The number of carbonyl (C=O) groups excluding carboxylic acids is 3. The molecule has 0 radical (unpaired) electrons. The summed E-state index contributed by atoms with van der Waals surface area (Å²) in [5.41, 5.74) is 6.73. The first-order valence-corrected chi connectivity index (χ1v) is 11.9. The third kappa shape index (κ3) is 9.37. The van der Waals surface area contributed by atoms with Crippen molar-refractivity contribution in [1.29, 1.82) is 0 Å². The number of aromatic hydroxyl groups is 1. The molecule has 1 rings (SSSR count). The second kappa shape index (κ2) is 13.9. The van der Waals surface area contributed by atoms with Gasteiger partial charge in [0.25, 0.3) is 0 Å². The number of rotatable bonds is 13. The van der Waals surface area contributed by atoms with E-state index in [1.807, 2.05) is 6.26 Å². The fourth-order valence-corrected chi connectivity index (χ4v) is 3.33. The summed E-state index contributed by atoms with van der Waals surface area (Å²) in [6, 6.07) is 2.20. The molecule has 7 N–H and O–H groups in total. The number of nitrogens with one attached hydrogen (secondary N) is 3. The fourth-order valence-electron chi connectivity index (χ4n) is 2.60. The molecule has 0 aliphatic heterocycles. The van der Waals surface area contributed by atoms with Gasteiger partial charge in [0.05, 0.1) is 6.04 Å². The lowest BCUT2D eigenvalue weighted by Gasteiger charge is -2.24. The Bertz CT molecular complexity index is 793. The maximum Gasteiger partial charge on any atom is 0.325 e. The zero-order valence-electron chi connectivity index (χ0n) is 17.9. The van der Waals surface area contributed by atoms with Crippen LogP contribution in [0.25, 0.3) is 0 Å². The number of carbonyl (C=O) groups is 4. The van der Waals surface area contributed by atoms with Crippen molar-refractivity contribution in [1.82, 2.24) is 16.0 Å². The van der Waals surface area contributed by atoms with Gasteiger partial charge < -0.3 is 31.9 Å². The van der Waals surface area contributed by atoms with E-state index < -0.39 is 47.9 Å². The van der Waals surface area contributed by atoms with Crippen molar-refractivity contribution in [3.8, 4) is 5.75 Å². The van der Waals surface area contributed by atoms with Crippen molar-refractivity contribution in [2.45, 2.75) is 43.9 Å². The van der Waals surface area contributed by atoms with Crippen LogP contribution in [0.3, 0.4) is 0 Å². The summed E-state index contributed by atoms with van der Waals surface area (Å²) in [6.07, 6.45) is 2.36. The van der Waals surface area contributed by atoms with E-state index in [9.17, 15) is 24.3 Å². The summed E-state index contributed by atoms with van der Waals surface area (Å²) >= 11 is 5.54. The minimum atomic E-state index is -1.21. The van der Waals surface area contributed by atoms with Gasteiger partial charge in [-0.3, -0.25) is 19.2 Å². The van der Waals surface area contributed by atoms with Gasteiger partial charge in [-0.05, 0) is 49.5 Å². The van der Waals surface area contributed by atoms with E-state index >= 15 is 0 Å². The first-order valence-electron chi connectivity index (χ1n) is 9.86. The van der Waals surface area contributed by atoms with Gasteiger partial charge in [0.2, 0.25) is 17.7 Å². The van der Waals surface area contributed by atoms with E-state index in [-0.39, 0.29) is 17.9 Å². The molecule has 0 aliphatic rings. The Balaban J connectivity index is 2.78. The van der Waals surface area contributed by atoms with E-state index in [4.69, 9.17) is 10.8 Å². The third-order valence-corrected chi connectivity index (χ3v) is 5.53. The zero-order valence-corrected chi connectivity index (χ0v) is 19.6. The molecule has 10 nitrogen and oxygen atoms in total. The average Bonchev–Trinajstić information content (AvgIpc) is 2.75. The molecule has 3 amide bonds. The van der Waals surface area contributed by atoms with E-state index in [0.717, 1.165) is 5.56 Å². The molecule has 0 saturated carbocycles. The Hall–Kier alpha value is -2.44. The van der Waals surface area contributed by atoms with Crippen LogP contribution in [0.1, 0.15) is 18.9 Å². The second-order valence-corrected chi connectivity index (χ2v) is 8.48. The van der Waals surface area contributed by atoms with Gasteiger partial charge in [0, 0.05) is 5.75 Å². The van der Waals surface area contributed by atoms with Crippen LogP contribution in [-0.2, 0) is 25.6 Å². The number of carboxylic acid groups (broad SMARTS) is 1. The Morgan fingerprint density at radius 1 is 1.03 bits per heavy atom. The van der Waals surface area contributed by atoms with Gasteiger partial charge in [-0.1, -0.05) is 12.1 Å². The molecule has 0 aromatic heterocycles. The SMILES string of the molecule is CSCCC(NC(=O)C(N)Cc1ccc(O)cc1)C(=O)NC(CS)C(=O)NC(C)C(=O)O. The number of phenols is 1. The summed E-state index contributed by atoms with van der Waals surface area (Å²) in [6.45, 7) is 1.30. The van der Waals surface area contributed by atoms with Crippen LogP contribution in [0.4, 0.5) is 0 Å². The number of carboxylic acids is 1. The largest absolute Gasteiger partial charge is 0.508 e. The highest BCUT2D eigenvalue weighted by molar-refractivity contribution is 7.98. The molecule has 4 unspecified atom stereocenters. The molecule has 0 aliphatic carbocycles. The van der Waals surface area contributed by atoms with Crippen LogP contribution in [0.2, 0.25) is 0 Å². The number of thioether (sulfide) groups is 1. The normalized spacial score (nSPS) is 14.5. The van der Waals surface area contributed by atoms with Crippen LogP contribution in [-0.4, -0.2) is 75.8 Å². The van der Waals surface area contributed by atoms with Gasteiger partial charge in [-0.25, -0.2) is 0 Å². The number of nitrogens with two attached hydrogens (primary N) is 1. The summed E-state index contributed by atoms with van der Waals surface area (Å²) in [7, 11) is 0. The molecular formula is C20H30N4O6S2. The highest BCUT2D eigenvalue weighted by Crippen LogP contribution is 2.11. The summed E-state index contributed by atoms with van der Waals surface area (Å²) in [5, 5.41) is 25.7. The first kappa shape index (κ1) is 27.6. The number of aliphatic carboxylic acids is 1. The smallest absolute Gasteiger partial charge is 0.325 e. The molecule has 0 fully saturated rings. The number of hydrogen-bond acceptors (Lipinski definition) is 8. The molecule has 12 heteroatoms. The Labute approximate surface area is 196 Å². The van der Waals surface area contributed by atoms with Crippen molar-refractivity contribution in [2.75, 3.05) is 17.8 Å². The van der Waals surface area contributed by atoms with E-state index in [1.165, 1.54) is 30.8 Å². The highest BCUT2D eigenvalue weighted by atomic mass is 32.2. The van der Waals surface area contributed by atoms with Crippen molar-refractivity contribution in [3.05, 3.63) is 29.8 Å². The Kier molecular flexibility index (Phi) is 12.0. The second-order valence-electron chi connectivity index (χ2n) is 7.13. The molecule has 0 bridgehead atoms. The average molecular weight is 487 g/mol. The number of benzene rings is 1. The van der Waals surface area contributed by atoms with Crippen molar-refractivity contribution in [3.63, 3.8) is 0 Å². The maximum absolute atomic E-state index is 12.8. The lowest BCUT2D eigenvalue weighted by Crippen LogP contribution is -2.57. The maximum atomic E-state index is 12.8. The van der Waals surface area contributed by atoms with Crippen molar-refractivity contribution in [2.24, 2.45) is 5.73 Å². The first-order chi connectivity index (χ1) is 15.1. The Morgan fingerprint density at radius 3 is 2.12 bits per heavy atom. The van der Waals surface area contributed by atoms with Crippen LogP contribution in [0.15, 0.2) is 24.3 Å². The van der Waals surface area contributed by atoms with Gasteiger partial charge in [-0.15, -0.1) is 0 Å². The molecule has 0 heterocycles. The quantitative estimate of drug-likeness (QED) is 0.183. The van der Waals surface area contributed by atoms with Crippen LogP contribution < -0.4 is 21.7 Å². The van der Waals surface area contributed by atoms with Gasteiger partial charge >= 0.3 is 5.97 Å². The minimum absolute atomic E-state index is 0.0620. The van der Waals surface area contributed by atoms with Crippen LogP contribution in [0, 0.1) is 0 Å². The van der Waals surface area contributed by atoms with Crippen LogP contribution in [0.5, 0.6) is 5.75 Å². The van der Waals surface area contributed by atoms with Crippen molar-refractivity contribution >= 4 is 48.1 Å². The predicted molar refractivity (Wildman–Crippen MR) is 126 cm³/mol. The zero-order chi connectivity index (χ0) is 24.3. The number of amides is 3. The summed E-state index contributed by atoms with van der Waals surface area (Å²) in [5.74, 6) is -2.43. The topological polar surface area (TPSA) is 171 Å². The Morgan fingerprint density at radius 2 is 1.59 bits per heavy atom. The van der Waals surface area contributed by atoms with Crippen molar-refractivity contribution < 1.29 is 29.4 Å². The van der Waals surface area contributed by atoms with Gasteiger partial charge in [-0.2, -0.15) is 24.4 Å². The number of thiol groups is 1. The molecule has 0 spiro atoms. The monoisotopic (exact) mass is 486 g/mol. The standard InChI is InChI=1S/C20H30N4O6S2/c1-11(20(29)30)22-19(28)16(10-31)24-18(27)15(7-8-32-2)23-17(26)14(21)9-12-3-5-13(25)6-4-12/h3-6,11,14-16,25,31H,7-10,21H2,1-2H3,(H,22,28)(H,23,26)(H,24,27)(H,29,30). The van der Waals surface area contributed by atoms with Crippen LogP contribution >= 0.6 is 24.4 Å². The molecule has 1 aromatic carbocycles. The predicted octanol–water partition coefficient (Wildman–Crippen LogP) is -0.496. The van der Waals surface area contributed by atoms with E-state index in [1.54, 1.807) is 12.1 Å². The molecular weight excluding hydrogens is 456 g/mol. The van der Waals surface area contributed by atoms with Gasteiger partial charge in [0.15, 0.2) is 0 Å². The summed E-state index contributed by atoms with van der Waals surface area (Å²) in [4.78, 5) is 48.5. The lowest BCUT2D eigenvalue weighted by molar-refractivity contribution is -0.141. The molecule has 1 aromatic rings. The number of hydrogen-bond donors (Lipinski definition) is 7. The van der Waals surface area contributed by atoms with E-state index in [0.29, 0.717) is 12.2 Å². The lowest BCUT2D eigenvalue weighted by atomic mass is 10.0. The van der Waals surface area contributed by atoms with E-state index in [2.05, 4.69) is 28.6 Å². The number of phenolic OH excluding ortho intramolecular Hbond substituents is 1. The van der Waals surface area contributed by atoms with Gasteiger partial charge in [0.1, 0.15) is 23.9 Å². The molecule has 0 saturated heterocycles. The minimum Gasteiger partial charge on any atom is -0.508 e. The molecule has 178 valence electrons. The highest BCUT2D eigenvalue weighted by Gasteiger charge is 2.28. The molecule has 4 atom stereocenters. The fraction of sp³-hybridized carbons (Fsp3) is 0.500.